The molecule has 1 fully saturated rings. The maximum Gasteiger partial charge on any atom is 0.416 e. The topological polar surface area (TPSA) is 41.1 Å². The van der Waals surface area contributed by atoms with E-state index >= 15 is 0 Å². The van der Waals surface area contributed by atoms with E-state index in [9.17, 15) is 18.0 Å². The number of hydrogen-bond acceptors (Lipinski definition) is 1. The summed E-state index contributed by atoms with van der Waals surface area (Å²) in [4.78, 5) is 12.0. The quantitative estimate of drug-likeness (QED) is 0.813. The first-order chi connectivity index (χ1) is 11.8. The van der Waals surface area contributed by atoms with Crippen LogP contribution in [-0.4, -0.2) is 12.6 Å². The lowest BCUT2D eigenvalue weighted by atomic mass is 9.95. The summed E-state index contributed by atoms with van der Waals surface area (Å²) in [5.41, 5.74) is 1.63. The summed E-state index contributed by atoms with van der Waals surface area (Å²) in [6.07, 6.45) is -2.46. The Bertz CT molecular complexity index is 765. The molecule has 0 saturated heterocycles. The fraction of sp³-hybridized carbons (Fsp3) is 0.316. The van der Waals surface area contributed by atoms with Gasteiger partial charge in [0.05, 0.1) is 5.56 Å². The summed E-state index contributed by atoms with van der Waals surface area (Å²) >= 11 is 0. The molecular formula is C19H19F3N2O. The summed E-state index contributed by atoms with van der Waals surface area (Å²) in [5, 5.41) is 5.24. The molecule has 0 radical (unpaired) electrons. The Balaban J connectivity index is 1.59. The largest absolute Gasteiger partial charge is 0.416 e. The Kier molecular flexibility index (Phi) is 4.45. The molecule has 0 bridgehead atoms. The van der Waals surface area contributed by atoms with Gasteiger partial charge in [0.25, 0.3) is 0 Å². The Morgan fingerprint density at radius 1 is 1.12 bits per heavy atom. The maximum absolute atomic E-state index is 12.7. The van der Waals surface area contributed by atoms with Crippen molar-refractivity contribution >= 4 is 11.7 Å². The van der Waals surface area contributed by atoms with Crippen molar-refractivity contribution in [1.29, 1.82) is 0 Å². The lowest BCUT2D eigenvalue weighted by Gasteiger charge is -2.17. The molecule has 0 unspecified atom stereocenters. The van der Waals surface area contributed by atoms with Crippen LogP contribution in [0.2, 0.25) is 0 Å². The van der Waals surface area contributed by atoms with Gasteiger partial charge in [0.15, 0.2) is 0 Å². The van der Waals surface area contributed by atoms with Crippen LogP contribution >= 0.6 is 0 Å². The van der Waals surface area contributed by atoms with E-state index in [1.807, 2.05) is 19.1 Å². The zero-order chi connectivity index (χ0) is 18.1. The average Bonchev–Trinajstić information content (AvgIpc) is 3.34. The van der Waals surface area contributed by atoms with E-state index in [2.05, 4.69) is 22.8 Å². The molecule has 0 atom stereocenters. The van der Waals surface area contributed by atoms with Crippen molar-refractivity contribution in [3.63, 3.8) is 0 Å². The second-order valence-electron chi connectivity index (χ2n) is 6.53. The summed E-state index contributed by atoms with van der Waals surface area (Å²) in [7, 11) is 0. The Labute approximate surface area is 144 Å². The highest BCUT2D eigenvalue weighted by Crippen LogP contribution is 2.47. The Morgan fingerprint density at radius 3 is 2.40 bits per heavy atom. The minimum absolute atomic E-state index is 0.0567. The van der Waals surface area contributed by atoms with Gasteiger partial charge >= 0.3 is 12.2 Å². The number of hydrogen-bond donors (Lipinski definition) is 2. The van der Waals surface area contributed by atoms with Crippen LogP contribution in [0.3, 0.4) is 0 Å². The SMILES string of the molecule is Cc1ccc(C2(CNC(=O)Nc3cccc(C(F)(F)F)c3)CC2)cc1. The molecule has 3 nitrogen and oxygen atoms in total. The number of alkyl halides is 3. The molecule has 1 aliphatic carbocycles. The van der Waals surface area contributed by atoms with Gasteiger partial charge in [0.2, 0.25) is 0 Å². The predicted molar refractivity (Wildman–Crippen MR) is 90.6 cm³/mol. The van der Waals surface area contributed by atoms with Gasteiger partial charge in [0, 0.05) is 17.6 Å². The Morgan fingerprint density at radius 2 is 1.80 bits per heavy atom. The molecule has 0 aliphatic heterocycles. The van der Waals surface area contributed by atoms with Crippen molar-refractivity contribution in [2.45, 2.75) is 31.4 Å². The van der Waals surface area contributed by atoms with Crippen LogP contribution in [0.1, 0.15) is 29.5 Å². The number of anilines is 1. The van der Waals surface area contributed by atoms with E-state index in [0.717, 1.165) is 25.0 Å². The number of nitrogens with one attached hydrogen (secondary N) is 2. The second kappa shape index (κ2) is 6.43. The lowest BCUT2D eigenvalue weighted by molar-refractivity contribution is -0.137. The zero-order valence-electron chi connectivity index (χ0n) is 13.8. The highest BCUT2D eigenvalue weighted by Gasteiger charge is 2.44. The van der Waals surface area contributed by atoms with E-state index < -0.39 is 17.8 Å². The Hall–Kier alpha value is -2.50. The summed E-state index contributed by atoms with van der Waals surface area (Å²) in [6, 6.07) is 12.3. The molecule has 0 spiro atoms. The number of carbonyl (C=O) groups excluding carboxylic acids is 1. The fourth-order valence-electron chi connectivity index (χ4n) is 2.82. The van der Waals surface area contributed by atoms with Crippen molar-refractivity contribution in [3.05, 3.63) is 65.2 Å². The predicted octanol–water partition coefficient (Wildman–Crippen LogP) is 4.87. The van der Waals surface area contributed by atoms with Crippen LogP contribution in [0.25, 0.3) is 0 Å². The van der Waals surface area contributed by atoms with E-state index in [1.54, 1.807) is 0 Å². The molecule has 2 aromatic carbocycles. The highest BCUT2D eigenvalue weighted by molar-refractivity contribution is 5.89. The summed E-state index contributed by atoms with van der Waals surface area (Å²) < 4.78 is 38.1. The summed E-state index contributed by atoms with van der Waals surface area (Å²) in [6.45, 7) is 2.48. The zero-order valence-corrected chi connectivity index (χ0v) is 13.8. The van der Waals surface area contributed by atoms with Crippen LogP contribution in [0.5, 0.6) is 0 Å². The molecule has 2 amide bonds. The van der Waals surface area contributed by atoms with Gasteiger partial charge < -0.3 is 10.6 Å². The second-order valence-corrected chi connectivity index (χ2v) is 6.53. The molecule has 0 heterocycles. The van der Waals surface area contributed by atoms with Crippen LogP contribution < -0.4 is 10.6 Å². The molecule has 2 aromatic rings. The molecule has 1 aliphatic rings. The van der Waals surface area contributed by atoms with Gasteiger partial charge in [-0.25, -0.2) is 4.79 Å². The van der Waals surface area contributed by atoms with Gasteiger partial charge in [-0.1, -0.05) is 35.9 Å². The van der Waals surface area contributed by atoms with Crippen molar-refractivity contribution in [1.82, 2.24) is 5.32 Å². The molecule has 2 N–H and O–H groups in total. The van der Waals surface area contributed by atoms with Crippen molar-refractivity contribution in [2.75, 3.05) is 11.9 Å². The molecule has 6 heteroatoms. The number of aryl methyl sites for hydroxylation is 1. The molecule has 3 rings (SSSR count). The third-order valence-electron chi connectivity index (χ3n) is 4.55. The minimum Gasteiger partial charge on any atom is -0.337 e. The van der Waals surface area contributed by atoms with Gasteiger partial charge in [0.1, 0.15) is 0 Å². The van der Waals surface area contributed by atoms with Gasteiger partial charge in [-0.3, -0.25) is 0 Å². The fourth-order valence-corrected chi connectivity index (χ4v) is 2.82. The third kappa shape index (κ3) is 4.13. The van der Waals surface area contributed by atoms with Crippen molar-refractivity contribution < 1.29 is 18.0 Å². The van der Waals surface area contributed by atoms with Crippen LogP contribution in [0.4, 0.5) is 23.7 Å². The first kappa shape index (κ1) is 17.3. The van der Waals surface area contributed by atoms with Gasteiger partial charge in [-0.05, 0) is 43.5 Å². The van der Waals surface area contributed by atoms with E-state index in [0.29, 0.717) is 6.54 Å². The molecule has 25 heavy (non-hydrogen) atoms. The number of amides is 2. The minimum atomic E-state index is -4.43. The number of carbonyl (C=O) groups is 1. The third-order valence-corrected chi connectivity index (χ3v) is 4.55. The summed E-state index contributed by atoms with van der Waals surface area (Å²) in [5.74, 6) is 0. The first-order valence-corrected chi connectivity index (χ1v) is 8.08. The van der Waals surface area contributed by atoms with E-state index in [1.165, 1.54) is 23.3 Å². The van der Waals surface area contributed by atoms with Crippen LogP contribution in [-0.2, 0) is 11.6 Å². The lowest BCUT2D eigenvalue weighted by Crippen LogP contribution is -2.35. The molecule has 0 aromatic heterocycles. The standard InChI is InChI=1S/C19H19F3N2O/c1-13-5-7-14(8-6-13)18(9-10-18)12-23-17(25)24-16-4-2-3-15(11-16)19(20,21)22/h2-8,11H,9-10,12H2,1H3,(H2,23,24,25). The number of urea groups is 1. The smallest absolute Gasteiger partial charge is 0.337 e. The van der Waals surface area contributed by atoms with Crippen LogP contribution in [0, 0.1) is 6.92 Å². The monoisotopic (exact) mass is 348 g/mol. The molecule has 132 valence electrons. The van der Waals surface area contributed by atoms with Crippen molar-refractivity contribution in [3.8, 4) is 0 Å². The normalized spacial score (nSPS) is 15.5. The van der Waals surface area contributed by atoms with Gasteiger partial charge in [-0.2, -0.15) is 13.2 Å². The van der Waals surface area contributed by atoms with Crippen molar-refractivity contribution in [2.24, 2.45) is 0 Å². The molecule has 1 saturated carbocycles. The first-order valence-electron chi connectivity index (χ1n) is 8.08. The maximum atomic E-state index is 12.7. The van der Waals surface area contributed by atoms with E-state index in [-0.39, 0.29) is 11.1 Å². The number of benzene rings is 2. The average molecular weight is 348 g/mol. The van der Waals surface area contributed by atoms with Crippen LogP contribution in [0.15, 0.2) is 48.5 Å². The number of halogens is 3. The van der Waals surface area contributed by atoms with E-state index in [4.69, 9.17) is 0 Å². The highest BCUT2D eigenvalue weighted by atomic mass is 19.4. The number of rotatable bonds is 4. The molecular weight excluding hydrogens is 329 g/mol. The van der Waals surface area contributed by atoms with Gasteiger partial charge in [-0.15, -0.1) is 0 Å².